The summed E-state index contributed by atoms with van der Waals surface area (Å²) in [6.07, 6.45) is 8.80. The highest BCUT2D eigenvalue weighted by atomic mass is 32.1. The van der Waals surface area contributed by atoms with Gasteiger partial charge in [-0.15, -0.1) is 17.8 Å². The Bertz CT molecular complexity index is 1120. The standard InChI is InChI=1S/C16H12N4OS.C5H9NO2/c1-3-10-5-4-6-11(7-10)16-19-13(15(17)21)14(22-16)12-8-18-20(2)9-12;1-6-3-2-4(7)5(6)8/h1,4-9H,2H3,(H2,17,21);4,7H,2-3H2,1H3. The summed E-state index contributed by atoms with van der Waals surface area (Å²) in [5, 5.41) is 13.6. The number of primary amides is 1. The molecule has 0 saturated carbocycles. The fourth-order valence-corrected chi connectivity index (χ4v) is 3.93. The van der Waals surface area contributed by atoms with Crippen LogP contribution in [0.3, 0.4) is 0 Å². The van der Waals surface area contributed by atoms with Gasteiger partial charge in [-0.25, -0.2) is 4.98 Å². The first-order valence-corrected chi connectivity index (χ1v) is 9.91. The lowest BCUT2D eigenvalue weighted by Gasteiger charge is -2.04. The maximum atomic E-state index is 11.7. The number of benzene rings is 1. The minimum atomic E-state index is -0.722. The Morgan fingerprint density at radius 3 is 2.63 bits per heavy atom. The number of nitrogens with zero attached hydrogens (tertiary/aromatic N) is 4. The van der Waals surface area contributed by atoms with Crippen molar-refractivity contribution in [1.82, 2.24) is 19.7 Å². The fraction of sp³-hybridized carbons (Fsp3) is 0.238. The number of likely N-dealkylation sites (N-methyl/N-ethyl adjacent to an activating group) is 1. The van der Waals surface area contributed by atoms with Crippen LogP contribution in [0.25, 0.3) is 21.0 Å². The number of amides is 2. The quantitative estimate of drug-likeness (QED) is 0.620. The summed E-state index contributed by atoms with van der Waals surface area (Å²) in [7, 11) is 3.50. The van der Waals surface area contributed by atoms with Crippen molar-refractivity contribution in [3.05, 3.63) is 47.9 Å². The molecule has 154 valence electrons. The van der Waals surface area contributed by atoms with Gasteiger partial charge in [0, 0.05) is 43.5 Å². The van der Waals surface area contributed by atoms with Crippen LogP contribution < -0.4 is 5.73 Å². The molecule has 8 nitrogen and oxygen atoms in total. The van der Waals surface area contributed by atoms with Gasteiger partial charge in [-0.05, 0) is 18.6 Å². The maximum absolute atomic E-state index is 11.7. The highest BCUT2D eigenvalue weighted by Crippen LogP contribution is 2.35. The molecule has 1 unspecified atom stereocenters. The Morgan fingerprint density at radius 1 is 1.37 bits per heavy atom. The van der Waals surface area contributed by atoms with E-state index in [1.165, 1.54) is 16.2 Å². The number of likely N-dealkylation sites (tertiary alicyclic amines) is 1. The second-order valence-electron chi connectivity index (χ2n) is 6.75. The minimum Gasteiger partial charge on any atom is -0.383 e. The van der Waals surface area contributed by atoms with E-state index in [0.29, 0.717) is 22.9 Å². The number of hydrogen-bond donors (Lipinski definition) is 2. The second-order valence-corrected chi connectivity index (χ2v) is 7.75. The van der Waals surface area contributed by atoms with Crippen molar-refractivity contribution in [1.29, 1.82) is 0 Å². The van der Waals surface area contributed by atoms with Crippen LogP contribution in [0.15, 0.2) is 36.7 Å². The van der Waals surface area contributed by atoms with Crippen molar-refractivity contribution in [2.75, 3.05) is 13.6 Å². The molecule has 1 aromatic carbocycles. The largest absolute Gasteiger partial charge is 0.383 e. The molecule has 3 heterocycles. The zero-order valence-electron chi connectivity index (χ0n) is 16.6. The topological polar surface area (TPSA) is 114 Å². The SMILES string of the molecule is C#Cc1cccc(-c2nc(C(N)=O)c(-c3cnn(C)c3)s2)c1.CN1CCC(O)C1=O. The van der Waals surface area contributed by atoms with Crippen molar-refractivity contribution < 1.29 is 14.7 Å². The van der Waals surface area contributed by atoms with Crippen LogP contribution in [-0.4, -0.2) is 56.3 Å². The summed E-state index contributed by atoms with van der Waals surface area (Å²) < 4.78 is 1.67. The molecule has 0 spiro atoms. The lowest BCUT2D eigenvalue weighted by Crippen LogP contribution is -2.24. The van der Waals surface area contributed by atoms with Gasteiger partial charge in [-0.2, -0.15) is 5.10 Å². The zero-order valence-corrected chi connectivity index (χ0v) is 17.4. The van der Waals surface area contributed by atoms with Crippen LogP contribution in [-0.2, 0) is 11.8 Å². The Morgan fingerprint density at radius 2 is 2.13 bits per heavy atom. The highest BCUT2D eigenvalue weighted by Gasteiger charge is 2.26. The predicted molar refractivity (Wildman–Crippen MR) is 114 cm³/mol. The third kappa shape index (κ3) is 4.56. The van der Waals surface area contributed by atoms with E-state index in [1.807, 2.05) is 37.5 Å². The number of aromatic nitrogens is 3. The average Bonchev–Trinajstić information content (AvgIpc) is 3.44. The number of aryl methyl sites for hydroxylation is 1. The van der Waals surface area contributed by atoms with Crippen LogP contribution >= 0.6 is 11.3 Å². The zero-order chi connectivity index (χ0) is 21.8. The van der Waals surface area contributed by atoms with Crippen molar-refractivity contribution in [2.45, 2.75) is 12.5 Å². The van der Waals surface area contributed by atoms with Crippen LogP contribution in [0.5, 0.6) is 0 Å². The summed E-state index contributed by atoms with van der Waals surface area (Å²) in [6.45, 7) is 0.694. The average molecular weight is 423 g/mol. The van der Waals surface area contributed by atoms with E-state index in [4.69, 9.17) is 17.3 Å². The molecule has 30 heavy (non-hydrogen) atoms. The normalized spacial score (nSPS) is 15.5. The van der Waals surface area contributed by atoms with Gasteiger partial charge in [0.2, 0.25) is 0 Å². The molecule has 2 amide bonds. The molecule has 1 saturated heterocycles. The first kappa shape index (κ1) is 21.2. The number of aliphatic hydroxyl groups is 1. The van der Waals surface area contributed by atoms with Gasteiger partial charge in [-0.3, -0.25) is 14.3 Å². The molecule has 2 aromatic heterocycles. The molecule has 3 N–H and O–H groups in total. The summed E-state index contributed by atoms with van der Waals surface area (Å²) in [4.78, 5) is 28.9. The number of rotatable bonds is 3. The summed E-state index contributed by atoms with van der Waals surface area (Å²) in [5.41, 5.74) is 8.13. The van der Waals surface area contributed by atoms with Crippen LogP contribution in [0.1, 0.15) is 22.5 Å². The molecule has 0 bridgehead atoms. The van der Waals surface area contributed by atoms with E-state index in [1.54, 1.807) is 17.9 Å². The van der Waals surface area contributed by atoms with Crippen LogP contribution in [0.4, 0.5) is 0 Å². The molecular weight excluding hydrogens is 402 g/mol. The van der Waals surface area contributed by atoms with E-state index in [2.05, 4.69) is 16.0 Å². The van der Waals surface area contributed by atoms with Crippen LogP contribution in [0.2, 0.25) is 0 Å². The number of nitrogens with two attached hydrogens (primary N) is 1. The van der Waals surface area contributed by atoms with Crippen LogP contribution in [0, 0.1) is 12.3 Å². The predicted octanol–water partition coefficient (Wildman–Crippen LogP) is 1.50. The number of thiazole rings is 1. The maximum Gasteiger partial charge on any atom is 0.268 e. The lowest BCUT2D eigenvalue weighted by atomic mass is 10.1. The number of carbonyl (C=O) groups excluding carboxylic acids is 2. The smallest absolute Gasteiger partial charge is 0.268 e. The van der Waals surface area contributed by atoms with E-state index < -0.39 is 12.0 Å². The molecule has 3 aromatic rings. The third-order valence-corrected chi connectivity index (χ3v) is 5.66. The van der Waals surface area contributed by atoms with Crippen molar-refractivity contribution in [2.24, 2.45) is 12.8 Å². The van der Waals surface area contributed by atoms with E-state index >= 15 is 0 Å². The Balaban J connectivity index is 0.000000269. The van der Waals surface area contributed by atoms with Gasteiger partial charge in [0.25, 0.3) is 11.8 Å². The molecule has 1 aliphatic heterocycles. The number of carbonyl (C=O) groups is 2. The third-order valence-electron chi connectivity index (χ3n) is 4.50. The monoisotopic (exact) mass is 423 g/mol. The van der Waals surface area contributed by atoms with Gasteiger partial charge >= 0.3 is 0 Å². The lowest BCUT2D eigenvalue weighted by molar-refractivity contribution is -0.133. The van der Waals surface area contributed by atoms with Gasteiger partial charge < -0.3 is 15.7 Å². The summed E-state index contributed by atoms with van der Waals surface area (Å²) in [6, 6.07) is 7.46. The second kappa shape index (κ2) is 8.90. The van der Waals surface area contributed by atoms with Gasteiger partial charge in [0.1, 0.15) is 16.8 Å². The molecule has 1 aliphatic rings. The Labute approximate surface area is 178 Å². The Kier molecular flexibility index (Phi) is 6.30. The first-order chi connectivity index (χ1) is 14.3. The van der Waals surface area contributed by atoms with Gasteiger partial charge in [0.05, 0.1) is 11.1 Å². The van der Waals surface area contributed by atoms with Crippen molar-refractivity contribution in [3.8, 4) is 33.4 Å². The molecular formula is C21H21N5O3S. The van der Waals surface area contributed by atoms with E-state index in [-0.39, 0.29) is 11.6 Å². The van der Waals surface area contributed by atoms with Crippen molar-refractivity contribution >= 4 is 23.2 Å². The molecule has 4 rings (SSSR count). The van der Waals surface area contributed by atoms with Crippen molar-refractivity contribution in [3.63, 3.8) is 0 Å². The molecule has 9 heteroatoms. The minimum absolute atomic E-state index is 0.148. The Hall–Kier alpha value is -3.48. The van der Waals surface area contributed by atoms with Gasteiger partial charge in [-0.1, -0.05) is 18.1 Å². The molecule has 1 atom stereocenters. The summed E-state index contributed by atoms with van der Waals surface area (Å²) in [5.74, 6) is 1.88. The van der Waals surface area contributed by atoms with Gasteiger partial charge in [0.15, 0.2) is 0 Å². The number of terminal acetylenes is 1. The summed E-state index contributed by atoms with van der Waals surface area (Å²) >= 11 is 1.39. The molecule has 0 radical (unpaired) electrons. The first-order valence-electron chi connectivity index (χ1n) is 9.10. The fourth-order valence-electron chi connectivity index (χ4n) is 2.89. The van der Waals surface area contributed by atoms with E-state index in [0.717, 1.165) is 16.7 Å². The molecule has 0 aliphatic carbocycles. The van der Waals surface area contributed by atoms with E-state index in [9.17, 15) is 9.59 Å². The number of hydrogen-bond acceptors (Lipinski definition) is 6. The molecule has 1 fully saturated rings. The highest BCUT2D eigenvalue weighted by molar-refractivity contribution is 7.18. The number of aliphatic hydroxyl groups excluding tert-OH is 1.